The van der Waals surface area contributed by atoms with Crippen LogP contribution in [0, 0.1) is 0 Å². The molecular weight excluding hydrogens is 316 g/mol. The molecule has 7 nitrogen and oxygen atoms in total. The molecular formula is C18H18N6O. The quantitative estimate of drug-likeness (QED) is 0.583. The molecule has 0 unspecified atom stereocenters. The number of anilines is 1. The Balaban J connectivity index is 1.70. The molecule has 2 N–H and O–H groups in total. The minimum Gasteiger partial charge on any atom is -0.383 e. The number of benzene rings is 1. The molecule has 0 radical (unpaired) electrons. The molecule has 3 heterocycles. The summed E-state index contributed by atoms with van der Waals surface area (Å²) in [5.41, 5.74) is 4.62. The Morgan fingerprint density at radius 1 is 1.16 bits per heavy atom. The van der Waals surface area contributed by atoms with Gasteiger partial charge < -0.3 is 15.0 Å². The van der Waals surface area contributed by atoms with Crippen molar-refractivity contribution in [2.24, 2.45) is 0 Å². The standard InChI is InChI=1S/C18H18N6O/c1-11(10-25-2)23-18-22-9-14-13(8-21-17(14)24-18)12-3-4-15-16(7-12)20-6-5-19-15/h3-9,11H,10H2,1-2H3,(H2,21,22,23,24)/t11-/m0/s1. The number of rotatable bonds is 5. The van der Waals surface area contributed by atoms with Crippen molar-refractivity contribution in [2.45, 2.75) is 13.0 Å². The van der Waals surface area contributed by atoms with Gasteiger partial charge >= 0.3 is 0 Å². The highest BCUT2D eigenvalue weighted by molar-refractivity contribution is 5.95. The van der Waals surface area contributed by atoms with Gasteiger partial charge in [0.05, 0.1) is 17.6 Å². The molecule has 7 heteroatoms. The van der Waals surface area contributed by atoms with Crippen LogP contribution in [0.5, 0.6) is 0 Å². The van der Waals surface area contributed by atoms with Crippen LogP contribution in [0.4, 0.5) is 5.95 Å². The molecule has 0 bridgehead atoms. The van der Waals surface area contributed by atoms with Crippen molar-refractivity contribution in [3.63, 3.8) is 0 Å². The minimum absolute atomic E-state index is 0.135. The third-order valence-electron chi connectivity index (χ3n) is 4.00. The molecule has 126 valence electrons. The fourth-order valence-electron chi connectivity index (χ4n) is 2.86. The lowest BCUT2D eigenvalue weighted by Crippen LogP contribution is -2.22. The molecule has 0 fully saturated rings. The van der Waals surface area contributed by atoms with Crippen LogP contribution in [0.15, 0.2) is 43.0 Å². The summed E-state index contributed by atoms with van der Waals surface area (Å²) in [6, 6.07) is 6.17. The SMILES string of the molecule is COC[C@H](C)Nc1ncc2c(-c3ccc4nccnc4c3)c[nH]c2n1. The van der Waals surface area contributed by atoms with Gasteiger partial charge in [-0.3, -0.25) is 9.97 Å². The zero-order valence-electron chi connectivity index (χ0n) is 14.0. The highest BCUT2D eigenvalue weighted by Crippen LogP contribution is 2.29. The van der Waals surface area contributed by atoms with Gasteiger partial charge in [-0.2, -0.15) is 4.98 Å². The molecule has 0 aliphatic carbocycles. The van der Waals surface area contributed by atoms with Crippen molar-refractivity contribution < 1.29 is 4.74 Å². The summed E-state index contributed by atoms with van der Waals surface area (Å²) in [6.07, 6.45) is 7.17. The lowest BCUT2D eigenvalue weighted by atomic mass is 10.1. The maximum atomic E-state index is 5.12. The first kappa shape index (κ1) is 15.5. The first-order valence-electron chi connectivity index (χ1n) is 8.05. The Bertz CT molecular complexity index is 1030. The van der Waals surface area contributed by atoms with Crippen molar-refractivity contribution >= 4 is 28.0 Å². The van der Waals surface area contributed by atoms with Crippen LogP contribution in [-0.4, -0.2) is 44.7 Å². The van der Waals surface area contributed by atoms with Crippen molar-refractivity contribution in [1.29, 1.82) is 0 Å². The summed E-state index contributed by atoms with van der Waals surface area (Å²) in [7, 11) is 1.67. The van der Waals surface area contributed by atoms with E-state index in [1.165, 1.54) is 0 Å². The second kappa shape index (κ2) is 6.45. The molecule has 0 saturated carbocycles. The van der Waals surface area contributed by atoms with E-state index in [0.29, 0.717) is 12.6 Å². The lowest BCUT2D eigenvalue weighted by Gasteiger charge is -2.12. The number of nitrogens with zero attached hydrogens (tertiary/aromatic N) is 4. The smallest absolute Gasteiger partial charge is 0.224 e. The maximum absolute atomic E-state index is 5.12. The molecule has 0 aliphatic rings. The number of hydrogen-bond acceptors (Lipinski definition) is 6. The molecule has 0 aliphatic heterocycles. The van der Waals surface area contributed by atoms with Crippen LogP contribution in [0.1, 0.15) is 6.92 Å². The number of ether oxygens (including phenoxy) is 1. The van der Waals surface area contributed by atoms with Crippen LogP contribution < -0.4 is 5.32 Å². The third-order valence-corrected chi connectivity index (χ3v) is 4.00. The minimum atomic E-state index is 0.135. The summed E-state index contributed by atoms with van der Waals surface area (Å²) in [5.74, 6) is 0.579. The summed E-state index contributed by atoms with van der Waals surface area (Å²) >= 11 is 0. The Kier molecular flexibility index (Phi) is 3.99. The predicted molar refractivity (Wildman–Crippen MR) is 97.4 cm³/mol. The Hall–Kier alpha value is -3.06. The highest BCUT2D eigenvalue weighted by atomic mass is 16.5. The lowest BCUT2D eigenvalue weighted by molar-refractivity contribution is 0.190. The van der Waals surface area contributed by atoms with Gasteiger partial charge in [0.2, 0.25) is 5.95 Å². The molecule has 4 aromatic rings. The fourth-order valence-corrected chi connectivity index (χ4v) is 2.86. The topological polar surface area (TPSA) is 88.6 Å². The number of nitrogens with one attached hydrogen (secondary N) is 2. The fraction of sp³-hybridized carbons (Fsp3) is 0.222. The molecule has 1 atom stereocenters. The van der Waals surface area contributed by atoms with E-state index in [1.807, 2.05) is 37.5 Å². The van der Waals surface area contributed by atoms with Crippen LogP contribution in [-0.2, 0) is 4.74 Å². The zero-order chi connectivity index (χ0) is 17.2. The molecule has 1 aromatic carbocycles. The second-order valence-corrected chi connectivity index (χ2v) is 5.92. The average Bonchev–Trinajstić information content (AvgIpc) is 3.04. The van der Waals surface area contributed by atoms with Crippen molar-refractivity contribution in [2.75, 3.05) is 19.0 Å². The van der Waals surface area contributed by atoms with Crippen LogP contribution >= 0.6 is 0 Å². The van der Waals surface area contributed by atoms with Gasteiger partial charge in [-0.05, 0) is 24.6 Å². The van der Waals surface area contributed by atoms with Gasteiger partial charge in [-0.25, -0.2) is 4.98 Å². The van der Waals surface area contributed by atoms with Gasteiger partial charge in [0.15, 0.2) is 0 Å². The first-order valence-corrected chi connectivity index (χ1v) is 8.05. The number of fused-ring (bicyclic) bond motifs is 2. The zero-order valence-corrected chi connectivity index (χ0v) is 14.0. The molecule has 0 spiro atoms. The predicted octanol–water partition coefficient (Wildman–Crippen LogP) is 3.01. The van der Waals surface area contributed by atoms with Gasteiger partial charge in [0, 0.05) is 48.9 Å². The monoisotopic (exact) mass is 334 g/mol. The van der Waals surface area contributed by atoms with E-state index in [4.69, 9.17) is 4.74 Å². The normalized spacial score (nSPS) is 12.6. The largest absolute Gasteiger partial charge is 0.383 e. The van der Waals surface area contributed by atoms with E-state index in [9.17, 15) is 0 Å². The number of methoxy groups -OCH3 is 1. The third kappa shape index (κ3) is 3.01. The van der Waals surface area contributed by atoms with E-state index >= 15 is 0 Å². The van der Waals surface area contributed by atoms with Crippen LogP contribution in [0.25, 0.3) is 33.2 Å². The van der Waals surface area contributed by atoms with Crippen LogP contribution in [0.2, 0.25) is 0 Å². The van der Waals surface area contributed by atoms with Gasteiger partial charge in [0.1, 0.15) is 5.65 Å². The number of aromatic amines is 1. The van der Waals surface area contributed by atoms with Crippen molar-refractivity contribution in [3.8, 4) is 11.1 Å². The van der Waals surface area contributed by atoms with Crippen molar-refractivity contribution in [3.05, 3.63) is 43.0 Å². The van der Waals surface area contributed by atoms with Gasteiger partial charge in [-0.1, -0.05) is 6.07 Å². The first-order chi connectivity index (χ1) is 12.2. The summed E-state index contributed by atoms with van der Waals surface area (Å²) in [6.45, 7) is 2.61. The van der Waals surface area contributed by atoms with Crippen molar-refractivity contribution in [1.82, 2.24) is 24.9 Å². The van der Waals surface area contributed by atoms with E-state index in [1.54, 1.807) is 19.5 Å². The number of hydrogen-bond donors (Lipinski definition) is 2. The van der Waals surface area contributed by atoms with Gasteiger partial charge in [-0.15, -0.1) is 0 Å². The summed E-state index contributed by atoms with van der Waals surface area (Å²) < 4.78 is 5.12. The maximum Gasteiger partial charge on any atom is 0.224 e. The number of aromatic nitrogens is 5. The molecule has 3 aromatic heterocycles. The van der Waals surface area contributed by atoms with E-state index < -0.39 is 0 Å². The van der Waals surface area contributed by atoms with Crippen LogP contribution in [0.3, 0.4) is 0 Å². The molecule has 0 amide bonds. The Labute approximate surface area is 144 Å². The molecule has 0 saturated heterocycles. The molecule has 4 rings (SSSR count). The summed E-state index contributed by atoms with van der Waals surface area (Å²) in [5, 5.41) is 4.19. The second-order valence-electron chi connectivity index (χ2n) is 5.92. The van der Waals surface area contributed by atoms with E-state index in [0.717, 1.165) is 33.2 Å². The highest BCUT2D eigenvalue weighted by Gasteiger charge is 2.11. The number of H-pyrrole nitrogens is 1. The van der Waals surface area contributed by atoms with Gasteiger partial charge in [0.25, 0.3) is 0 Å². The van der Waals surface area contributed by atoms with E-state index in [2.05, 4.69) is 30.2 Å². The molecule has 25 heavy (non-hydrogen) atoms. The summed E-state index contributed by atoms with van der Waals surface area (Å²) in [4.78, 5) is 20.9. The Morgan fingerprint density at radius 3 is 2.84 bits per heavy atom. The Morgan fingerprint density at radius 2 is 2.00 bits per heavy atom. The average molecular weight is 334 g/mol. The van der Waals surface area contributed by atoms with E-state index in [-0.39, 0.29) is 6.04 Å².